The number of hydrogen-bond acceptors (Lipinski definition) is 7. The van der Waals surface area contributed by atoms with Crippen LogP contribution < -0.4 is 15.4 Å². The fourth-order valence-corrected chi connectivity index (χ4v) is 2.40. The Kier molecular flexibility index (Phi) is 7.86. The zero-order chi connectivity index (χ0) is 22.1. The second-order valence-electron chi connectivity index (χ2n) is 6.09. The number of amides is 2. The fourth-order valence-electron chi connectivity index (χ4n) is 2.40. The van der Waals surface area contributed by atoms with Crippen LogP contribution in [0.15, 0.2) is 48.5 Å². The highest BCUT2D eigenvalue weighted by Gasteiger charge is 2.20. The molecule has 2 rings (SSSR count). The van der Waals surface area contributed by atoms with Crippen molar-refractivity contribution < 1.29 is 28.8 Å². The molecule has 0 heterocycles. The van der Waals surface area contributed by atoms with E-state index in [2.05, 4.69) is 10.6 Å². The number of non-ortho nitro benzene ring substituents is 1. The van der Waals surface area contributed by atoms with Crippen LogP contribution in [0.4, 0.5) is 11.4 Å². The van der Waals surface area contributed by atoms with E-state index in [1.165, 1.54) is 25.1 Å². The number of nitro benzene ring substituents is 1. The van der Waals surface area contributed by atoms with Crippen molar-refractivity contribution in [2.75, 3.05) is 18.5 Å². The number of ether oxygens (including phenoxy) is 2. The number of rotatable bonds is 9. The first-order valence-electron chi connectivity index (χ1n) is 9.05. The first kappa shape index (κ1) is 22.3. The predicted molar refractivity (Wildman–Crippen MR) is 107 cm³/mol. The van der Waals surface area contributed by atoms with Crippen LogP contribution in [-0.4, -0.2) is 42.0 Å². The summed E-state index contributed by atoms with van der Waals surface area (Å²) < 4.78 is 10.3. The standard InChI is InChI=1S/C20H21N3O7/c1-3-29-17-10-5-4-9-16(17)22-18(24)12-30-20(26)13(2)21-19(25)14-7-6-8-15(11-14)23(27)28/h4-11,13H,3,12H2,1-2H3,(H,21,25)(H,22,24)/t13-/m0/s1. The number of anilines is 1. The predicted octanol–water partition coefficient (Wildman–Crippen LogP) is 2.29. The van der Waals surface area contributed by atoms with Crippen molar-refractivity contribution in [1.29, 1.82) is 0 Å². The molecule has 0 aliphatic carbocycles. The fraction of sp³-hybridized carbons (Fsp3) is 0.250. The second kappa shape index (κ2) is 10.6. The van der Waals surface area contributed by atoms with Crippen molar-refractivity contribution in [2.24, 2.45) is 0 Å². The minimum Gasteiger partial charge on any atom is -0.492 e. The lowest BCUT2D eigenvalue weighted by Crippen LogP contribution is -2.40. The molecule has 0 saturated carbocycles. The van der Waals surface area contributed by atoms with Gasteiger partial charge in [0.1, 0.15) is 11.8 Å². The molecule has 0 spiro atoms. The lowest BCUT2D eigenvalue weighted by atomic mass is 10.2. The van der Waals surface area contributed by atoms with E-state index >= 15 is 0 Å². The van der Waals surface area contributed by atoms with Crippen molar-refractivity contribution in [2.45, 2.75) is 19.9 Å². The van der Waals surface area contributed by atoms with Crippen LogP contribution in [0.3, 0.4) is 0 Å². The summed E-state index contributed by atoms with van der Waals surface area (Å²) in [6, 6.07) is 10.8. The molecule has 0 aliphatic heterocycles. The summed E-state index contributed by atoms with van der Waals surface area (Å²) in [5, 5.41) is 15.8. The Morgan fingerprint density at radius 1 is 1.13 bits per heavy atom. The van der Waals surface area contributed by atoms with Crippen molar-refractivity contribution >= 4 is 29.2 Å². The molecule has 0 saturated heterocycles. The largest absolute Gasteiger partial charge is 0.492 e. The molecule has 158 valence electrons. The van der Waals surface area contributed by atoms with Gasteiger partial charge in [0.2, 0.25) is 0 Å². The number of nitrogens with one attached hydrogen (secondary N) is 2. The van der Waals surface area contributed by atoms with Crippen LogP contribution in [0.1, 0.15) is 24.2 Å². The van der Waals surface area contributed by atoms with E-state index in [0.29, 0.717) is 18.0 Å². The zero-order valence-corrected chi connectivity index (χ0v) is 16.4. The first-order valence-corrected chi connectivity index (χ1v) is 9.05. The summed E-state index contributed by atoms with van der Waals surface area (Å²) in [4.78, 5) is 46.5. The van der Waals surface area contributed by atoms with Gasteiger partial charge in [0, 0.05) is 17.7 Å². The maximum Gasteiger partial charge on any atom is 0.328 e. The van der Waals surface area contributed by atoms with E-state index in [9.17, 15) is 24.5 Å². The van der Waals surface area contributed by atoms with Crippen LogP contribution >= 0.6 is 0 Å². The molecular formula is C20H21N3O7. The highest BCUT2D eigenvalue weighted by molar-refractivity contribution is 5.98. The van der Waals surface area contributed by atoms with Crippen LogP contribution in [0.2, 0.25) is 0 Å². The number of nitro groups is 1. The monoisotopic (exact) mass is 415 g/mol. The molecule has 0 bridgehead atoms. The van der Waals surface area contributed by atoms with Crippen LogP contribution in [-0.2, 0) is 14.3 Å². The molecule has 0 aromatic heterocycles. The van der Waals surface area contributed by atoms with E-state index in [1.54, 1.807) is 24.3 Å². The van der Waals surface area contributed by atoms with E-state index in [0.717, 1.165) is 6.07 Å². The van der Waals surface area contributed by atoms with Gasteiger partial charge in [0.05, 0.1) is 17.2 Å². The van der Waals surface area contributed by atoms with Gasteiger partial charge < -0.3 is 20.1 Å². The Morgan fingerprint density at radius 3 is 2.57 bits per heavy atom. The molecular weight excluding hydrogens is 394 g/mol. The van der Waals surface area contributed by atoms with Crippen LogP contribution in [0, 0.1) is 10.1 Å². The van der Waals surface area contributed by atoms with E-state index < -0.39 is 35.4 Å². The normalized spacial score (nSPS) is 11.1. The maximum atomic E-state index is 12.2. The average Bonchev–Trinajstić information content (AvgIpc) is 2.73. The zero-order valence-electron chi connectivity index (χ0n) is 16.4. The summed E-state index contributed by atoms with van der Waals surface area (Å²) >= 11 is 0. The molecule has 2 N–H and O–H groups in total. The Hall–Kier alpha value is -3.95. The second-order valence-corrected chi connectivity index (χ2v) is 6.09. The molecule has 0 radical (unpaired) electrons. The number of nitrogens with zero attached hydrogens (tertiary/aromatic N) is 1. The van der Waals surface area contributed by atoms with Gasteiger partial charge in [-0.2, -0.15) is 0 Å². The molecule has 2 aromatic carbocycles. The first-order chi connectivity index (χ1) is 14.3. The number of esters is 1. The Balaban J connectivity index is 1.87. The molecule has 10 nitrogen and oxygen atoms in total. The smallest absolute Gasteiger partial charge is 0.328 e. The van der Waals surface area contributed by atoms with Crippen molar-refractivity contribution in [3.63, 3.8) is 0 Å². The summed E-state index contributed by atoms with van der Waals surface area (Å²) in [6.07, 6.45) is 0. The minimum absolute atomic E-state index is 0.0223. The molecule has 0 unspecified atom stereocenters. The number of hydrogen-bond donors (Lipinski definition) is 2. The van der Waals surface area contributed by atoms with Crippen LogP contribution in [0.5, 0.6) is 5.75 Å². The van der Waals surface area contributed by atoms with Gasteiger partial charge >= 0.3 is 5.97 Å². The molecule has 0 aliphatic rings. The van der Waals surface area contributed by atoms with Crippen molar-refractivity contribution in [3.8, 4) is 5.75 Å². The summed E-state index contributed by atoms with van der Waals surface area (Å²) in [5.41, 5.74) is 0.212. The Labute approximate surface area is 172 Å². The lowest BCUT2D eigenvalue weighted by Gasteiger charge is -2.14. The Morgan fingerprint density at radius 2 is 1.87 bits per heavy atom. The molecule has 2 aromatic rings. The third-order valence-electron chi connectivity index (χ3n) is 3.83. The van der Waals surface area contributed by atoms with Gasteiger partial charge in [0.25, 0.3) is 17.5 Å². The van der Waals surface area contributed by atoms with E-state index in [-0.39, 0.29) is 11.3 Å². The van der Waals surface area contributed by atoms with Gasteiger partial charge in [-0.25, -0.2) is 4.79 Å². The van der Waals surface area contributed by atoms with Gasteiger partial charge in [-0.05, 0) is 32.0 Å². The minimum atomic E-state index is -1.07. The number of para-hydroxylation sites is 2. The van der Waals surface area contributed by atoms with Crippen molar-refractivity contribution in [3.05, 3.63) is 64.2 Å². The summed E-state index contributed by atoms with van der Waals surface area (Å²) in [5.74, 6) is -1.61. The molecule has 1 atom stereocenters. The topological polar surface area (TPSA) is 137 Å². The molecule has 0 fully saturated rings. The SMILES string of the molecule is CCOc1ccccc1NC(=O)COC(=O)[C@H](C)NC(=O)c1cccc([N+](=O)[O-])c1. The van der Waals surface area contributed by atoms with Gasteiger partial charge in [0.15, 0.2) is 6.61 Å². The number of carbonyl (C=O) groups is 3. The number of benzene rings is 2. The van der Waals surface area contributed by atoms with Gasteiger partial charge in [-0.3, -0.25) is 19.7 Å². The number of carbonyl (C=O) groups excluding carboxylic acids is 3. The quantitative estimate of drug-likeness (QED) is 0.364. The average molecular weight is 415 g/mol. The Bertz CT molecular complexity index is 946. The summed E-state index contributed by atoms with van der Waals surface area (Å²) in [7, 11) is 0. The van der Waals surface area contributed by atoms with Crippen LogP contribution in [0.25, 0.3) is 0 Å². The maximum absolute atomic E-state index is 12.2. The van der Waals surface area contributed by atoms with E-state index in [1.807, 2.05) is 6.92 Å². The highest BCUT2D eigenvalue weighted by atomic mass is 16.6. The van der Waals surface area contributed by atoms with Crippen molar-refractivity contribution in [1.82, 2.24) is 5.32 Å². The molecule has 2 amide bonds. The van der Waals surface area contributed by atoms with Gasteiger partial charge in [-0.1, -0.05) is 18.2 Å². The third-order valence-corrected chi connectivity index (χ3v) is 3.83. The molecule has 30 heavy (non-hydrogen) atoms. The lowest BCUT2D eigenvalue weighted by molar-refractivity contribution is -0.384. The summed E-state index contributed by atoms with van der Waals surface area (Å²) in [6.45, 7) is 3.05. The van der Waals surface area contributed by atoms with Gasteiger partial charge in [-0.15, -0.1) is 0 Å². The van der Waals surface area contributed by atoms with E-state index in [4.69, 9.17) is 9.47 Å². The third kappa shape index (κ3) is 6.30. The molecule has 10 heteroatoms. The highest BCUT2D eigenvalue weighted by Crippen LogP contribution is 2.23.